The van der Waals surface area contributed by atoms with Crippen molar-refractivity contribution in [2.75, 3.05) is 18.2 Å². The number of ether oxygens (including phenoxy) is 2. The maximum absolute atomic E-state index is 12.6. The van der Waals surface area contributed by atoms with E-state index in [1.165, 1.54) is 11.8 Å². The number of nitrogens with one attached hydrogen (secondary N) is 1. The summed E-state index contributed by atoms with van der Waals surface area (Å²) in [5.41, 5.74) is 1.53. The Bertz CT molecular complexity index is 1270. The van der Waals surface area contributed by atoms with Crippen LogP contribution < -0.4 is 14.8 Å². The van der Waals surface area contributed by atoms with Crippen LogP contribution in [0.25, 0.3) is 5.69 Å². The molecule has 0 spiro atoms. The van der Waals surface area contributed by atoms with Crippen molar-refractivity contribution in [2.24, 2.45) is 0 Å². The number of amides is 1. The van der Waals surface area contributed by atoms with Crippen molar-refractivity contribution in [1.29, 1.82) is 0 Å². The predicted octanol–water partition coefficient (Wildman–Crippen LogP) is 5.80. The number of thioether (sulfide) groups is 1. The number of benzene rings is 3. The van der Waals surface area contributed by atoms with E-state index in [1.54, 1.807) is 25.3 Å². The van der Waals surface area contributed by atoms with Gasteiger partial charge in [0.25, 0.3) is 0 Å². The largest absolute Gasteiger partial charge is 0.497 e. The Morgan fingerprint density at radius 1 is 1.06 bits per heavy atom. The van der Waals surface area contributed by atoms with Gasteiger partial charge in [-0.25, -0.2) is 0 Å². The van der Waals surface area contributed by atoms with Gasteiger partial charge in [-0.2, -0.15) is 0 Å². The number of hydrogen-bond acceptors (Lipinski definition) is 6. The quantitative estimate of drug-likeness (QED) is 0.296. The molecule has 3 aromatic carbocycles. The Labute approximate surface area is 207 Å². The van der Waals surface area contributed by atoms with Crippen molar-refractivity contribution < 1.29 is 14.3 Å². The molecular weight excluding hydrogens is 472 g/mol. The van der Waals surface area contributed by atoms with Gasteiger partial charge in [-0.1, -0.05) is 59.8 Å². The first-order valence-corrected chi connectivity index (χ1v) is 11.9. The van der Waals surface area contributed by atoms with E-state index in [0.717, 1.165) is 5.69 Å². The third kappa shape index (κ3) is 5.70. The number of para-hydroxylation sites is 2. The number of hydrogen-bond donors (Lipinski definition) is 1. The average Bonchev–Trinajstić information content (AvgIpc) is 3.29. The fourth-order valence-electron chi connectivity index (χ4n) is 3.27. The Morgan fingerprint density at radius 3 is 2.59 bits per heavy atom. The number of carbonyl (C=O) groups excluding carboxylic acids is 1. The predicted molar refractivity (Wildman–Crippen MR) is 134 cm³/mol. The molecule has 0 bridgehead atoms. The van der Waals surface area contributed by atoms with Gasteiger partial charge >= 0.3 is 0 Å². The normalized spacial score (nSPS) is 11.6. The van der Waals surface area contributed by atoms with E-state index in [9.17, 15) is 4.79 Å². The Kier molecular flexibility index (Phi) is 7.72. The van der Waals surface area contributed by atoms with Gasteiger partial charge in [0.2, 0.25) is 5.91 Å². The Balaban J connectivity index is 1.53. The van der Waals surface area contributed by atoms with Gasteiger partial charge in [0.1, 0.15) is 11.5 Å². The van der Waals surface area contributed by atoms with Crippen LogP contribution in [0.15, 0.2) is 84.0 Å². The zero-order valence-corrected chi connectivity index (χ0v) is 20.2. The lowest BCUT2D eigenvalue weighted by atomic mass is 10.3. The number of rotatable bonds is 9. The highest BCUT2D eigenvalue weighted by Crippen LogP contribution is 2.31. The molecule has 1 amide bonds. The molecule has 7 nitrogen and oxygen atoms in total. The molecule has 4 aromatic rings. The molecule has 1 unspecified atom stereocenters. The van der Waals surface area contributed by atoms with Crippen LogP contribution in [0.5, 0.6) is 11.5 Å². The van der Waals surface area contributed by atoms with Gasteiger partial charge in [0.05, 0.1) is 17.9 Å². The molecule has 0 radical (unpaired) electrons. The van der Waals surface area contributed by atoms with Crippen molar-refractivity contribution >= 4 is 35.0 Å². The molecule has 4 rings (SSSR count). The van der Waals surface area contributed by atoms with Crippen molar-refractivity contribution in [3.05, 3.63) is 89.7 Å². The van der Waals surface area contributed by atoms with Gasteiger partial charge in [0, 0.05) is 17.4 Å². The Morgan fingerprint density at radius 2 is 1.82 bits per heavy atom. The second-order valence-corrected chi connectivity index (χ2v) is 8.62. The molecule has 0 aliphatic heterocycles. The number of methoxy groups -OCH3 is 1. The first kappa shape index (κ1) is 23.7. The van der Waals surface area contributed by atoms with Crippen molar-refractivity contribution in [1.82, 2.24) is 14.8 Å². The van der Waals surface area contributed by atoms with Crippen LogP contribution >= 0.6 is 23.4 Å². The molecule has 1 N–H and O–H groups in total. The van der Waals surface area contributed by atoms with Crippen molar-refractivity contribution in [2.45, 2.75) is 18.2 Å². The van der Waals surface area contributed by atoms with Gasteiger partial charge in [0.15, 0.2) is 17.1 Å². The molecule has 1 heterocycles. The third-order valence-electron chi connectivity index (χ3n) is 4.86. The first-order chi connectivity index (χ1) is 16.5. The topological polar surface area (TPSA) is 78.3 Å². The van der Waals surface area contributed by atoms with Crippen LogP contribution in [-0.2, 0) is 4.79 Å². The number of carbonyl (C=O) groups is 1. The maximum Gasteiger partial charge on any atom is 0.234 e. The maximum atomic E-state index is 12.6. The lowest BCUT2D eigenvalue weighted by Gasteiger charge is -2.17. The summed E-state index contributed by atoms with van der Waals surface area (Å²) < 4.78 is 13.2. The summed E-state index contributed by atoms with van der Waals surface area (Å²) in [6.45, 7) is 1.89. The summed E-state index contributed by atoms with van der Waals surface area (Å²) in [6, 6.07) is 24.2. The monoisotopic (exact) mass is 494 g/mol. The molecule has 174 valence electrons. The van der Waals surface area contributed by atoms with Crippen LogP contribution in [0.4, 0.5) is 5.69 Å². The minimum absolute atomic E-state index is 0.155. The lowest BCUT2D eigenvalue weighted by Crippen LogP contribution is -2.15. The zero-order valence-electron chi connectivity index (χ0n) is 18.6. The summed E-state index contributed by atoms with van der Waals surface area (Å²) in [7, 11) is 1.58. The van der Waals surface area contributed by atoms with Crippen LogP contribution in [-0.4, -0.2) is 33.5 Å². The summed E-state index contributed by atoms with van der Waals surface area (Å²) in [6.07, 6.45) is -0.437. The van der Waals surface area contributed by atoms with E-state index >= 15 is 0 Å². The standard InChI is InChI=1S/C25H23ClN4O3S/c1-17(33-22-14-7-6-13-21(22)26)24-28-29-25(30(24)19-10-4-3-5-11-19)34-16-23(31)27-18-9-8-12-20(15-18)32-2/h3-15,17H,16H2,1-2H3,(H,27,31). The molecule has 0 aliphatic rings. The highest BCUT2D eigenvalue weighted by atomic mass is 35.5. The molecular formula is C25H23ClN4O3S. The highest BCUT2D eigenvalue weighted by molar-refractivity contribution is 7.99. The first-order valence-electron chi connectivity index (χ1n) is 10.5. The second-order valence-electron chi connectivity index (χ2n) is 7.27. The van der Waals surface area contributed by atoms with E-state index in [4.69, 9.17) is 21.1 Å². The molecule has 1 atom stereocenters. The van der Waals surface area contributed by atoms with Crippen LogP contribution in [0, 0.1) is 0 Å². The van der Waals surface area contributed by atoms with Gasteiger partial charge in [-0.05, 0) is 43.3 Å². The van der Waals surface area contributed by atoms with E-state index in [0.29, 0.717) is 33.2 Å². The molecule has 0 fully saturated rings. The van der Waals surface area contributed by atoms with Gasteiger partial charge in [-0.15, -0.1) is 10.2 Å². The number of halogens is 1. The molecule has 0 aliphatic carbocycles. The molecule has 0 saturated heterocycles. The fraction of sp³-hybridized carbons (Fsp3) is 0.160. The molecule has 0 saturated carbocycles. The van der Waals surface area contributed by atoms with Crippen molar-refractivity contribution in [3.8, 4) is 17.2 Å². The molecule has 9 heteroatoms. The summed E-state index contributed by atoms with van der Waals surface area (Å²) in [5.74, 6) is 1.82. The van der Waals surface area contributed by atoms with E-state index in [-0.39, 0.29) is 11.7 Å². The average molecular weight is 495 g/mol. The van der Waals surface area contributed by atoms with Gasteiger partial charge in [-0.3, -0.25) is 9.36 Å². The number of anilines is 1. The fourth-order valence-corrected chi connectivity index (χ4v) is 4.21. The Hall–Kier alpha value is -3.49. The van der Waals surface area contributed by atoms with Crippen molar-refractivity contribution in [3.63, 3.8) is 0 Å². The smallest absolute Gasteiger partial charge is 0.234 e. The van der Waals surface area contributed by atoms with Crippen LogP contribution in [0.2, 0.25) is 5.02 Å². The number of aromatic nitrogens is 3. The minimum atomic E-state index is -0.437. The van der Waals surface area contributed by atoms with E-state index in [1.807, 2.05) is 72.2 Å². The summed E-state index contributed by atoms with van der Waals surface area (Å²) in [5, 5.41) is 12.7. The SMILES string of the molecule is COc1cccc(NC(=O)CSc2nnc(C(C)Oc3ccccc3Cl)n2-c2ccccc2)c1. The molecule has 1 aromatic heterocycles. The summed E-state index contributed by atoms with van der Waals surface area (Å²) >= 11 is 7.55. The minimum Gasteiger partial charge on any atom is -0.497 e. The summed E-state index contributed by atoms with van der Waals surface area (Å²) in [4.78, 5) is 12.6. The lowest BCUT2D eigenvalue weighted by molar-refractivity contribution is -0.113. The zero-order chi connectivity index (χ0) is 23.9. The van der Waals surface area contributed by atoms with E-state index in [2.05, 4.69) is 15.5 Å². The number of nitrogens with zero attached hydrogens (tertiary/aromatic N) is 3. The van der Waals surface area contributed by atoms with Crippen LogP contribution in [0.1, 0.15) is 18.9 Å². The van der Waals surface area contributed by atoms with Gasteiger partial charge < -0.3 is 14.8 Å². The highest BCUT2D eigenvalue weighted by Gasteiger charge is 2.22. The second kappa shape index (κ2) is 11.1. The van der Waals surface area contributed by atoms with E-state index < -0.39 is 6.10 Å². The molecule has 34 heavy (non-hydrogen) atoms. The van der Waals surface area contributed by atoms with Crippen LogP contribution in [0.3, 0.4) is 0 Å². The third-order valence-corrected chi connectivity index (χ3v) is 6.10.